The predicted molar refractivity (Wildman–Crippen MR) is 117 cm³/mol. The second-order valence-electron chi connectivity index (χ2n) is 8.25. The molecule has 0 spiro atoms. The van der Waals surface area contributed by atoms with Crippen molar-refractivity contribution < 1.29 is 23.9 Å². The van der Waals surface area contributed by atoms with Crippen molar-refractivity contribution in [1.29, 1.82) is 5.26 Å². The van der Waals surface area contributed by atoms with Crippen LogP contribution < -0.4 is 5.32 Å². The minimum atomic E-state index is -1.06. The molecule has 166 valence electrons. The first-order valence-electron chi connectivity index (χ1n) is 10.4. The van der Waals surface area contributed by atoms with E-state index in [2.05, 4.69) is 5.32 Å². The summed E-state index contributed by atoms with van der Waals surface area (Å²) in [6.07, 6.45) is 0.147. The number of imide groups is 1. The third-order valence-electron chi connectivity index (χ3n) is 5.77. The molecule has 1 aliphatic rings. The normalized spacial score (nSPS) is 14.8. The number of hydrogen-bond donors (Lipinski definition) is 1. The van der Waals surface area contributed by atoms with Crippen molar-refractivity contribution >= 4 is 34.5 Å². The molecule has 0 aliphatic carbocycles. The third-order valence-corrected chi connectivity index (χ3v) is 5.77. The lowest BCUT2D eigenvalue weighted by molar-refractivity contribution is -0.149. The molecule has 0 saturated carbocycles. The van der Waals surface area contributed by atoms with Crippen LogP contribution in [0.2, 0.25) is 0 Å². The van der Waals surface area contributed by atoms with E-state index in [9.17, 15) is 24.4 Å². The van der Waals surface area contributed by atoms with Crippen LogP contribution in [0.4, 0.5) is 0 Å². The van der Waals surface area contributed by atoms with E-state index in [4.69, 9.17) is 4.74 Å². The highest BCUT2D eigenvalue weighted by Gasteiger charge is 2.32. The molecule has 32 heavy (non-hydrogen) atoms. The van der Waals surface area contributed by atoms with E-state index in [1.807, 2.05) is 18.2 Å². The largest absolute Gasteiger partial charge is 0.456 e. The van der Waals surface area contributed by atoms with Crippen LogP contribution in [0.15, 0.2) is 36.4 Å². The number of nitrogens with zero attached hydrogens (tertiary/aromatic N) is 2. The van der Waals surface area contributed by atoms with Crippen molar-refractivity contribution in [1.82, 2.24) is 10.2 Å². The Balaban J connectivity index is 1.53. The van der Waals surface area contributed by atoms with E-state index in [1.165, 1.54) is 0 Å². The Kier molecular flexibility index (Phi) is 6.58. The van der Waals surface area contributed by atoms with Gasteiger partial charge in [0.1, 0.15) is 5.54 Å². The lowest BCUT2D eigenvalue weighted by Gasteiger charge is -2.27. The van der Waals surface area contributed by atoms with E-state index in [0.29, 0.717) is 16.5 Å². The Labute approximate surface area is 186 Å². The maximum absolute atomic E-state index is 12.8. The minimum absolute atomic E-state index is 0.0591. The Hall–Kier alpha value is -3.73. The molecule has 0 saturated heterocycles. The van der Waals surface area contributed by atoms with Crippen LogP contribution >= 0.6 is 0 Å². The molecule has 1 heterocycles. The number of nitriles is 1. The summed E-state index contributed by atoms with van der Waals surface area (Å²) in [6.45, 7) is 4.76. The van der Waals surface area contributed by atoms with Gasteiger partial charge in [-0.3, -0.25) is 24.1 Å². The Bertz CT molecular complexity index is 1080. The zero-order valence-corrected chi connectivity index (χ0v) is 18.3. The van der Waals surface area contributed by atoms with E-state index >= 15 is 0 Å². The fourth-order valence-electron chi connectivity index (χ4n) is 3.51. The highest BCUT2D eigenvalue weighted by atomic mass is 16.5. The number of nitrogens with one attached hydrogen (secondary N) is 1. The molecule has 1 aliphatic heterocycles. The van der Waals surface area contributed by atoms with E-state index < -0.39 is 35.8 Å². The number of benzene rings is 2. The molecule has 2 aromatic rings. The van der Waals surface area contributed by atoms with Gasteiger partial charge in [-0.15, -0.1) is 0 Å². The number of carbonyl (C=O) groups excluding carboxylic acids is 4. The summed E-state index contributed by atoms with van der Waals surface area (Å²) < 4.78 is 4.97. The molecule has 8 nitrogen and oxygen atoms in total. The number of amides is 3. The molecule has 0 unspecified atom stereocenters. The fraction of sp³-hybridized carbons (Fsp3) is 0.375. The average Bonchev–Trinajstić information content (AvgIpc) is 2.77. The van der Waals surface area contributed by atoms with Crippen molar-refractivity contribution in [3.05, 3.63) is 47.5 Å². The lowest BCUT2D eigenvalue weighted by Crippen LogP contribution is -2.50. The highest BCUT2D eigenvalue weighted by Crippen LogP contribution is 2.30. The summed E-state index contributed by atoms with van der Waals surface area (Å²) in [5, 5.41) is 13.3. The summed E-state index contributed by atoms with van der Waals surface area (Å²) in [6, 6.07) is 12.7. The summed E-state index contributed by atoms with van der Waals surface area (Å²) in [7, 11) is 0. The predicted octanol–water partition coefficient (Wildman–Crippen LogP) is 2.81. The Morgan fingerprint density at radius 1 is 1.12 bits per heavy atom. The van der Waals surface area contributed by atoms with Crippen molar-refractivity contribution in [2.24, 2.45) is 5.92 Å². The molecule has 3 amide bonds. The first-order chi connectivity index (χ1) is 15.2. The maximum Gasteiger partial charge on any atom is 0.306 e. The average molecular weight is 435 g/mol. The quantitative estimate of drug-likeness (QED) is 0.503. The van der Waals surface area contributed by atoms with Crippen LogP contribution in [0.3, 0.4) is 0 Å². The van der Waals surface area contributed by atoms with Crippen LogP contribution in [-0.2, 0) is 14.3 Å². The van der Waals surface area contributed by atoms with Gasteiger partial charge in [0.15, 0.2) is 6.61 Å². The number of carbonyl (C=O) groups is 4. The zero-order chi connectivity index (χ0) is 23.5. The van der Waals surface area contributed by atoms with Crippen molar-refractivity contribution in [3.8, 4) is 6.07 Å². The van der Waals surface area contributed by atoms with Gasteiger partial charge < -0.3 is 10.1 Å². The number of esters is 1. The molecular formula is C24H25N3O5. The molecule has 0 radical (unpaired) electrons. The minimum Gasteiger partial charge on any atom is -0.456 e. The SMILES string of the molecule is CC(C)[C@](C)(C#N)NC(=O)COC(=O)CCCN1C(=O)c2cccc3cccc(c23)C1=O. The molecular weight excluding hydrogens is 410 g/mol. The Morgan fingerprint density at radius 2 is 1.72 bits per heavy atom. The molecule has 1 atom stereocenters. The first kappa shape index (κ1) is 22.9. The van der Waals surface area contributed by atoms with Gasteiger partial charge in [-0.05, 0) is 36.8 Å². The van der Waals surface area contributed by atoms with Gasteiger partial charge in [-0.1, -0.05) is 38.1 Å². The van der Waals surface area contributed by atoms with Crippen molar-refractivity contribution in [3.63, 3.8) is 0 Å². The fourth-order valence-corrected chi connectivity index (χ4v) is 3.51. The van der Waals surface area contributed by atoms with Gasteiger partial charge in [0.05, 0.1) is 6.07 Å². The van der Waals surface area contributed by atoms with Gasteiger partial charge >= 0.3 is 5.97 Å². The molecule has 3 rings (SSSR count). The van der Waals surface area contributed by atoms with Crippen LogP contribution in [0, 0.1) is 17.2 Å². The Morgan fingerprint density at radius 3 is 2.25 bits per heavy atom. The van der Waals surface area contributed by atoms with Gasteiger partial charge in [0.25, 0.3) is 17.7 Å². The second-order valence-corrected chi connectivity index (χ2v) is 8.25. The summed E-state index contributed by atoms with van der Waals surface area (Å²) in [5.41, 5.74) is -0.136. The van der Waals surface area contributed by atoms with Gasteiger partial charge in [0, 0.05) is 29.5 Å². The molecule has 2 aromatic carbocycles. The smallest absolute Gasteiger partial charge is 0.306 e. The van der Waals surface area contributed by atoms with Crippen LogP contribution in [-0.4, -0.2) is 47.3 Å². The number of rotatable bonds is 8. The molecule has 8 heteroatoms. The van der Waals surface area contributed by atoms with Crippen LogP contribution in [0.5, 0.6) is 0 Å². The van der Waals surface area contributed by atoms with Crippen LogP contribution in [0.1, 0.15) is 54.3 Å². The van der Waals surface area contributed by atoms with E-state index in [0.717, 1.165) is 10.3 Å². The topological polar surface area (TPSA) is 117 Å². The maximum atomic E-state index is 12.8. The van der Waals surface area contributed by atoms with E-state index in [-0.39, 0.29) is 25.3 Å². The zero-order valence-electron chi connectivity index (χ0n) is 18.3. The molecule has 1 N–H and O–H groups in total. The second kappa shape index (κ2) is 9.18. The monoisotopic (exact) mass is 435 g/mol. The summed E-state index contributed by atoms with van der Waals surface area (Å²) in [4.78, 5) is 50.8. The first-order valence-corrected chi connectivity index (χ1v) is 10.4. The highest BCUT2D eigenvalue weighted by molar-refractivity contribution is 6.25. The summed E-state index contributed by atoms with van der Waals surface area (Å²) in [5.74, 6) is -2.10. The van der Waals surface area contributed by atoms with Gasteiger partial charge in [-0.2, -0.15) is 5.26 Å². The molecule has 0 bridgehead atoms. The standard InChI is InChI=1S/C24H25N3O5/c1-15(2)24(3,14-25)26-19(28)13-32-20(29)11-6-12-27-22(30)17-9-4-7-16-8-5-10-18(21(16)17)23(27)31/h4-5,7-10,15H,6,11-13H2,1-3H3,(H,26,28)/t24-/m0/s1. The molecule has 0 fully saturated rings. The summed E-state index contributed by atoms with van der Waals surface area (Å²) >= 11 is 0. The van der Waals surface area contributed by atoms with Crippen LogP contribution in [0.25, 0.3) is 10.8 Å². The van der Waals surface area contributed by atoms with Crippen molar-refractivity contribution in [2.75, 3.05) is 13.2 Å². The van der Waals surface area contributed by atoms with Gasteiger partial charge in [-0.25, -0.2) is 0 Å². The number of ether oxygens (including phenoxy) is 1. The third kappa shape index (κ3) is 4.47. The van der Waals surface area contributed by atoms with E-state index in [1.54, 1.807) is 45.0 Å². The van der Waals surface area contributed by atoms with Crippen molar-refractivity contribution in [2.45, 2.75) is 39.2 Å². The molecule has 0 aromatic heterocycles. The lowest BCUT2D eigenvalue weighted by atomic mass is 9.90. The van der Waals surface area contributed by atoms with Gasteiger partial charge in [0.2, 0.25) is 0 Å². The number of hydrogen-bond acceptors (Lipinski definition) is 6.